The summed E-state index contributed by atoms with van der Waals surface area (Å²) in [6, 6.07) is 20.8. The molecule has 0 bridgehead atoms. The number of amides is 1. The molecule has 3 atom stereocenters. The van der Waals surface area contributed by atoms with Crippen LogP contribution in [0.1, 0.15) is 41.6 Å². The second-order valence-electron chi connectivity index (χ2n) is 10.0. The molecule has 0 aliphatic carbocycles. The fourth-order valence-electron chi connectivity index (χ4n) is 5.90. The van der Waals surface area contributed by atoms with Gasteiger partial charge in [0, 0.05) is 75.2 Å². The van der Waals surface area contributed by atoms with Crippen LogP contribution in [0.15, 0.2) is 66.7 Å². The molecule has 0 aromatic heterocycles. The number of halogens is 1. The summed E-state index contributed by atoms with van der Waals surface area (Å²) in [5.41, 5.74) is 1.96. The number of hydrogen-bond acceptors (Lipinski definition) is 3. The van der Waals surface area contributed by atoms with Crippen molar-refractivity contribution in [3.63, 3.8) is 0 Å². The molecule has 3 aromatic carbocycles. The average molecular weight is 688 g/mol. The van der Waals surface area contributed by atoms with Crippen molar-refractivity contribution in [3.8, 4) is 0 Å². The standard InChI is InChI=1S/C29H33FN2O2.Ac/c1-20(33)28-19-32(29(34)27-8-4-6-23-5-2-3-7-26(23)27)18-24(28)17-31-15-13-22(14-16-31)21-9-11-25(30)12-10-21;/h2-12,20,22,24,28,33H,13-19H2,1H3;. The molecule has 2 heterocycles. The smallest absolute Gasteiger partial charge is 0.254 e. The van der Waals surface area contributed by atoms with E-state index in [1.807, 2.05) is 66.4 Å². The summed E-state index contributed by atoms with van der Waals surface area (Å²) >= 11 is 0. The van der Waals surface area contributed by atoms with E-state index in [9.17, 15) is 14.3 Å². The van der Waals surface area contributed by atoms with Crippen LogP contribution in [-0.4, -0.2) is 59.6 Å². The summed E-state index contributed by atoms with van der Waals surface area (Å²) in [4.78, 5) is 17.9. The zero-order chi connectivity index (χ0) is 23.7. The molecule has 3 unspecified atom stereocenters. The Morgan fingerprint density at radius 1 is 1.00 bits per heavy atom. The molecule has 4 nitrogen and oxygen atoms in total. The quantitative estimate of drug-likeness (QED) is 0.414. The van der Waals surface area contributed by atoms with E-state index in [1.54, 1.807) is 12.1 Å². The van der Waals surface area contributed by atoms with Crippen LogP contribution in [0.25, 0.3) is 10.8 Å². The number of rotatable bonds is 5. The van der Waals surface area contributed by atoms with E-state index in [-0.39, 0.29) is 67.6 Å². The number of fused-ring (bicyclic) bond motifs is 1. The predicted octanol–water partition coefficient (Wildman–Crippen LogP) is 4.93. The van der Waals surface area contributed by atoms with Gasteiger partial charge in [-0.25, -0.2) is 4.39 Å². The Kier molecular flexibility index (Phi) is 9.03. The molecule has 0 saturated carbocycles. The molecular formula is C29H33AcFN2O2. The Morgan fingerprint density at radius 2 is 1.69 bits per heavy atom. The Balaban J connectivity index is 0.00000289. The van der Waals surface area contributed by atoms with Gasteiger partial charge in [-0.1, -0.05) is 48.5 Å². The molecule has 2 saturated heterocycles. The average Bonchev–Trinajstić information content (AvgIpc) is 3.28. The zero-order valence-corrected chi connectivity index (χ0v) is 25.1. The van der Waals surface area contributed by atoms with Gasteiger partial charge in [0.2, 0.25) is 0 Å². The molecule has 2 fully saturated rings. The normalized spacial score (nSPS) is 22.2. The van der Waals surface area contributed by atoms with Crippen LogP contribution in [-0.2, 0) is 0 Å². The number of aliphatic hydroxyl groups is 1. The Morgan fingerprint density at radius 3 is 2.40 bits per heavy atom. The van der Waals surface area contributed by atoms with Crippen LogP contribution >= 0.6 is 0 Å². The Hall–Kier alpha value is -1.32. The number of carbonyl (C=O) groups is 1. The number of benzene rings is 3. The monoisotopic (exact) mass is 687 g/mol. The molecular weight excluding hydrogens is 654 g/mol. The van der Waals surface area contributed by atoms with Crippen molar-refractivity contribution in [1.29, 1.82) is 0 Å². The fourth-order valence-corrected chi connectivity index (χ4v) is 5.90. The van der Waals surface area contributed by atoms with Crippen LogP contribution in [0, 0.1) is 61.7 Å². The van der Waals surface area contributed by atoms with Crippen molar-refractivity contribution in [2.45, 2.75) is 31.8 Å². The topological polar surface area (TPSA) is 43.8 Å². The Labute approximate surface area is 243 Å². The zero-order valence-electron chi connectivity index (χ0n) is 20.3. The van der Waals surface area contributed by atoms with Gasteiger partial charge in [0.05, 0.1) is 6.10 Å². The largest absolute Gasteiger partial charge is 0.393 e. The van der Waals surface area contributed by atoms with E-state index in [0.29, 0.717) is 19.0 Å². The maximum absolute atomic E-state index is 13.5. The van der Waals surface area contributed by atoms with Gasteiger partial charge in [0.15, 0.2) is 0 Å². The minimum Gasteiger partial charge on any atom is -0.393 e. The van der Waals surface area contributed by atoms with Crippen molar-refractivity contribution < 1.29 is 58.4 Å². The van der Waals surface area contributed by atoms with E-state index in [4.69, 9.17) is 0 Å². The van der Waals surface area contributed by atoms with Gasteiger partial charge in [0.25, 0.3) is 5.91 Å². The molecule has 5 rings (SSSR count). The second kappa shape index (κ2) is 11.8. The first-order chi connectivity index (χ1) is 16.5. The molecule has 1 amide bonds. The van der Waals surface area contributed by atoms with Gasteiger partial charge in [-0.15, -0.1) is 0 Å². The maximum atomic E-state index is 13.5. The van der Waals surface area contributed by atoms with E-state index in [2.05, 4.69) is 4.90 Å². The summed E-state index contributed by atoms with van der Waals surface area (Å²) in [7, 11) is 0. The number of piperidine rings is 1. The SMILES string of the molecule is CC(O)C1CN(C(=O)c2cccc3ccccc23)CC1CN1CCC(c2ccc(F)cc2)CC1.[Ac]. The molecule has 1 N–H and O–H groups in total. The number of nitrogens with zero attached hydrogens (tertiary/aromatic N) is 2. The number of carbonyl (C=O) groups excluding carboxylic acids is 1. The van der Waals surface area contributed by atoms with Gasteiger partial charge in [-0.05, 0) is 79.2 Å². The van der Waals surface area contributed by atoms with Crippen molar-refractivity contribution in [3.05, 3.63) is 83.7 Å². The van der Waals surface area contributed by atoms with Gasteiger partial charge in [0.1, 0.15) is 5.82 Å². The van der Waals surface area contributed by atoms with Gasteiger partial charge < -0.3 is 14.9 Å². The summed E-state index contributed by atoms with van der Waals surface area (Å²) in [6.07, 6.45) is 1.65. The van der Waals surface area contributed by atoms with E-state index >= 15 is 0 Å². The van der Waals surface area contributed by atoms with Crippen molar-refractivity contribution in [2.24, 2.45) is 11.8 Å². The predicted molar refractivity (Wildman–Crippen MR) is 133 cm³/mol. The molecule has 6 heteroatoms. The molecule has 35 heavy (non-hydrogen) atoms. The van der Waals surface area contributed by atoms with Crippen molar-refractivity contribution in [2.75, 3.05) is 32.7 Å². The summed E-state index contributed by atoms with van der Waals surface area (Å²) in [6.45, 7) is 5.99. The first-order valence-electron chi connectivity index (χ1n) is 12.4. The Bertz CT molecular complexity index is 1140. The third-order valence-electron chi connectivity index (χ3n) is 7.84. The van der Waals surface area contributed by atoms with Crippen LogP contribution in [0.3, 0.4) is 0 Å². The minimum atomic E-state index is -0.452. The van der Waals surface area contributed by atoms with Crippen LogP contribution in [0.5, 0.6) is 0 Å². The molecule has 2 aliphatic heterocycles. The number of aliphatic hydroxyl groups excluding tert-OH is 1. The number of hydrogen-bond donors (Lipinski definition) is 1. The van der Waals surface area contributed by atoms with Crippen molar-refractivity contribution in [1.82, 2.24) is 9.80 Å². The molecule has 2 aliphatic rings. The van der Waals surface area contributed by atoms with Gasteiger partial charge >= 0.3 is 0 Å². The first kappa shape index (κ1) is 26.7. The van der Waals surface area contributed by atoms with Gasteiger partial charge in [-0.2, -0.15) is 0 Å². The maximum Gasteiger partial charge on any atom is 0.254 e. The van der Waals surface area contributed by atoms with E-state index in [0.717, 1.165) is 48.8 Å². The first-order valence-corrected chi connectivity index (χ1v) is 12.4. The van der Waals surface area contributed by atoms with Crippen LogP contribution in [0.4, 0.5) is 4.39 Å². The van der Waals surface area contributed by atoms with Crippen molar-refractivity contribution >= 4 is 16.7 Å². The van der Waals surface area contributed by atoms with Gasteiger partial charge in [-0.3, -0.25) is 4.79 Å². The molecule has 0 spiro atoms. The third kappa shape index (κ3) is 5.99. The number of likely N-dealkylation sites (tertiary alicyclic amines) is 2. The second-order valence-corrected chi connectivity index (χ2v) is 10.0. The van der Waals surface area contributed by atoms with Crippen LogP contribution < -0.4 is 0 Å². The van der Waals surface area contributed by atoms with E-state index < -0.39 is 6.10 Å². The molecule has 3 aromatic rings. The summed E-state index contributed by atoms with van der Waals surface area (Å²) < 4.78 is 13.3. The third-order valence-corrected chi connectivity index (χ3v) is 7.84. The summed E-state index contributed by atoms with van der Waals surface area (Å²) in [5, 5.41) is 12.6. The summed E-state index contributed by atoms with van der Waals surface area (Å²) in [5.74, 6) is 0.668. The fraction of sp³-hybridized carbons (Fsp3) is 0.414. The molecule has 1 radical (unpaired) electrons. The molecule has 181 valence electrons. The van der Waals surface area contributed by atoms with Crippen LogP contribution in [0.2, 0.25) is 0 Å². The van der Waals surface area contributed by atoms with E-state index in [1.165, 1.54) is 5.56 Å². The minimum absolute atomic E-state index is 0.